The number of ether oxygens (including phenoxy) is 1. The van der Waals surface area contributed by atoms with Gasteiger partial charge in [0.05, 0.1) is 6.61 Å². The fraction of sp³-hybridized carbons (Fsp3) is 0.611. The third kappa shape index (κ3) is 5.13. The average Bonchev–Trinajstić information content (AvgIpc) is 3.01. The molecular formula is C18H30N4O. The zero-order valence-corrected chi connectivity index (χ0v) is 14.9. The molecule has 1 aliphatic heterocycles. The Hall–Kier alpha value is -1.75. The molecule has 2 rings (SSSR count). The fourth-order valence-electron chi connectivity index (χ4n) is 3.01. The predicted octanol–water partition coefficient (Wildman–Crippen LogP) is 1.84. The second-order valence-corrected chi connectivity index (χ2v) is 6.34. The van der Waals surface area contributed by atoms with Crippen LogP contribution in [0.4, 0.5) is 5.69 Å². The number of guanidine groups is 1. The normalized spacial score (nSPS) is 18.3. The highest BCUT2D eigenvalue weighted by atomic mass is 16.5. The minimum Gasteiger partial charge on any atom is -0.384 e. The van der Waals surface area contributed by atoms with Gasteiger partial charge < -0.3 is 19.9 Å². The summed E-state index contributed by atoms with van der Waals surface area (Å²) < 4.78 is 5.26. The third-order valence-electron chi connectivity index (χ3n) is 4.35. The largest absolute Gasteiger partial charge is 0.384 e. The van der Waals surface area contributed by atoms with E-state index in [4.69, 9.17) is 4.74 Å². The molecule has 0 saturated carbocycles. The van der Waals surface area contributed by atoms with E-state index >= 15 is 0 Å². The first kappa shape index (κ1) is 17.6. The molecule has 0 amide bonds. The summed E-state index contributed by atoms with van der Waals surface area (Å²) in [6.07, 6.45) is 2.18. The molecule has 1 aliphatic rings. The van der Waals surface area contributed by atoms with Gasteiger partial charge in [-0.15, -0.1) is 0 Å². The van der Waals surface area contributed by atoms with E-state index in [1.807, 2.05) is 7.05 Å². The van der Waals surface area contributed by atoms with Crippen LogP contribution in [0.3, 0.4) is 0 Å². The highest BCUT2D eigenvalue weighted by molar-refractivity contribution is 5.80. The number of methoxy groups -OCH3 is 1. The lowest BCUT2D eigenvalue weighted by molar-refractivity contribution is 0.157. The third-order valence-corrected chi connectivity index (χ3v) is 4.35. The van der Waals surface area contributed by atoms with Gasteiger partial charge in [0.1, 0.15) is 0 Å². The maximum Gasteiger partial charge on any atom is 0.193 e. The van der Waals surface area contributed by atoms with E-state index < -0.39 is 0 Å². The van der Waals surface area contributed by atoms with E-state index in [1.54, 1.807) is 7.11 Å². The molecule has 1 saturated heterocycles. The summed E-state index contributed by atoms with van der Waals surface area (Å²) in [5, 5.41) is 3.48. The smallest absolute Gasteiger partial charge is 0.193 e. The van der Waals surface area contributed by atoms with Crippen LogP contribution in [-0.2, 0) is 11.2 Å². The maximum absolute atomic E-state index is 5.26. The minimum atomic E-state index is 0.622. The Balaban J connectivity index is 1.78. The number of aliphatic imine (C=N–C) groups is 1. The van der Waals surface area contributed by atoms with E-state index in [1.165, 1.54) is 17.7 Å². The van der Waals surface area contributed by atoms with E-state index in [-0.39, 0.29) is 0 Å². The van der Waals surface area contributed by atoms with Gasteiger partial charge in [-0.2, -0.15) is 0 Å². The number of anilines is 1. The van der Waals surface area contributed by atoms with Gasteiger partial charge >= 0.3 is 0 Å². The SMILES string of the molecule is CN=C(NCCc1ccc(N(C)C)cc1)N1CCC(COC)C1. The van der Waals surface area contributed by atoms with Gasteiger partial charge in [0.2, 0.25) is 0 Å². The van der Waals surface area contributed by atoms with Gasteiger partial charge in [0, 0.05) is 59.5 Å². The molecule has 5 nitrogen and oxygen atoms in total. The molecule has 0 radical (unpaired) electrons. The Morgan fingerprint density at radius 2 is 2.09 bits per heavy atom. The van der Waals surface area contributed by atoms with Crippen molar-refractivity contribution in [2.45, 2.75) is 12.8 Å². The first-order valence-corrected chi connectivity index (χ1v) is 8.35. The Morgan fingerprint density at radius 3 is 2.70 bits per heavy atom. The monoisotopic (exact) mass is 318 g/mol. The number of benzene rings is 1. The van der Waals surface area contributed by atoms with Crippen molar-refractivity contribution in [3.8, 4) is 0 Å². The molecule has 1 heterocycles. The Bertz CT molecular complexity index is 498. The zero-order valence-electron chi connectivity index (χ0n) is 14.9. The number of rotatable bonds is 6. The first-order chi connectivity index (χ1) is 11.1. The second-order valence-electron chi connectivity index (χ2n) is 6.34. The van der Waals surface area contributed by atoms with Gasteiger partial charge in [-0.1, -0.05) is 12.1 Å². The summed E-state index contributed by atoms with van der Waals surface area (Å²) in [7, 11) is 7.76. The second kappa shape index (κ2) is 8.77. The van der Waals surface area contributed by atoms with Crippen LogP contribution in [0.15, 0.2) is 29.3 Å². The quantitative estimate of drug-likeness (QED) is 0.642. The molecule has 128 valence electrons. The van der Waals surface area contributed by atoms with Crippen molar-refractivity contribution in [1.29, 1.82) is 0 Å². The van der Waals surface area contributed by atoms with Crippen LogP contribution in [0.2, 0.25) is 0 Å². The lowest BCUT2D eigenvalue weighted by atomic mass is 10.1. The molecule has 5 heteroatoms. The number of nitrogens with zero attached hydrogens (tertiary/aromatic N) is 3. The molecule has 0 aliphatic carbocycles. The Morgan fingerprint density at radius 1 is 1.35 bits per heavy atom. The van der Waals surface area contributed by atoms with E-state index in [0.717, 1.165) is 38.6 Å². The summed E-state index contributed by atoms with van der Waals surface area (Å²) in [5.41, 5.74) is 2.58. The molecule has 1 unspecified atom stereocenters. The minimum absolute atomic E-state index is 0.622. The average molecular weight is 318 g/mol. The van der Waals surface area contributed by atoms with Crippen LogP contribution in [0.5, 0.6) is 0 Å². The molecule has 0 bridgehead atoms. The van der Waals surface area contributed by atoms with Crippen LogP contribution < -0.4 is 10.2 Å². The van der Waals surface area contributed by atoms with Crippen LogP contribution in [0, 0.1) is 5.92 Å². The molecule has 23 heavy (non-hydrogen) atoms. The highest BCUT2D eigenvalue weighted by Gasteiger charge is 2.24. The number of hydrogen-bond donors (Lipinski definition) is 1. The van der Waals surface area contributed by atoms with Crippen molar-refractivity contribution < 1.29 is 4.74 Å². The van der Waals surface area contributed by atoms with Crippen molar-refractivity contribution in [3.63, 3.8) is 0 Å². The molecule has 1 aromatic rings. The molecule has 1 atom stereocenters. The van der Waals surface area contributed by atoms with Crippen molar-refractivity contribution in [2.75, 3.05) is 59.4 Å². The van der Waals surface area contributed by atoms with E-state index in [2.05, 4.69) is 58.5 Å². The lowest BCUT2D eigenvalue weighted by Gasteiger charge is -2.21. The van der Waals surface area contributed by atoms with Gasteiger partial charge in [-0.3, -0.25) is 4.99 Å². The predicted molar refractivity (Wildman–Crippen MR) is 97.4 cm³/mol. The summed E-state index contributed by atoms with van der Waals surface area (Å²) >= 11 is 0. The van der Waals surface area contributed by atoms with Crippen LogP contribution >= 0.6 is 0 Å². The van der Waals surface area contributed by atoms with E-state index in [0.29, 0.717) is 5.92 Å². The fourth-order valence-corrected chi connectivity index (χ4v) is 3.01. The molecule has 1 fully saturated rings. The molecule has 0 spiro atoms. The summed E-state index contributed by atoms with van der Waals surface area (Å²) in [6.45, 7) is 3.83. The van der Waals surface area contributed by atoms with Crippen LogP contribution in [0.1, 0.15) is 12.0 Å². The van der Waals surface area contributed by atoms with Crippen molar-refractivity contribution in [2.24, 2.45) is 10.9 Å². The van der Waals surface area contributed by atoms with Gasteiger partial charge in [0.25, 0.3) is 0 Å². The van der Waals surface area contributed by atoms with Gasteiger partial charge in [-0.05, 0) is 30.5 Å². The Labute approximate surface area is 140 Å². The Kier molecular flexibility index (Phi) is 6.71. The lowest BCUT2D eigenvalue weighted by Crippen LogP contribution is -2.41. The van der Waals surface area contributed by atoms with Gasteiger partial charge in [-0.25, -0.2) is 0 Å². The summed E-state index contributed by atoms with van der Waals surface area (Å²) in [6, 6.07) is 8.73. The van der Waals surface area contributed by atoms with E-state index in [9.17, 15) is 0 Å². The van der Waals surface area contributed by atoms with Gasteiger partial charge in [0.15, 0.2) is 5.96 Å². The summed E-state index contributed by atoms with van der Waals surface area (Å²) in [5.74, 6) is 1.63. The van der Waals surface area contributed by atoms with Crippen molar-refractivity contribution in [3.05, 3.63) is 29.8 Å². The van der Waals surface area contributed by atoms with Crippen molar-refractivity contribution in [1.82, 2.24) is 10.2 Å². The maximum atomic E-state index is 5.26. The number of hydrogen-bond acceptors (Lipinski definition) is 3. The first-order valence-electron chi connectivity index (χ1n) is 8.35. The zero-order chi connectivity index (χ0) is 16.7. The van der Waals surface area contributed by atoms with Crippen LogP contribution in [0.25, 0.3) is 0 Å². The topological polar surface area (TPSA) is 40.1 Å². The standard InChI is InChI=1S/C18H30N4O/c1-19-18(22-12-10-16(13-22)14-23-4)20-11-9-15-5-7-17(8-6-15)21(2)3/h5-8,16H,9-14H2,1-4H3,(H,19,20). The van der Waals surface area contributed by atoms with Crippen molar-refractivity contribution >= 4 is 11.6 Å². The number of nitrogens with one attached hydrogen (secondary N) is 1. The van der Waals surface area contributed by atoms with Crippen LogP contribution in [-0.4, -0.2) is 65.4 Å². The summed E-state index contributed by atoms with van der Waals surface area (Å²) in [4.78, 5) is 8.87. The molecule has 1 aromatic carbocycles. The highest BCUT2D eigenvalue weighted by Crippen LogP contribution is 2.16. The molecule has 1 N–H and O–H groups in total. The molecular weight excluding hydrogens is 288 g/mol. The molecule has 0 aromatic heterocycles. The number of likely N-dealkylation sites (tertiary alicyclic amines) is 1.